The number of hydrogen-bond acceptors (Lipinski definition) is 5. The molecule has 0 bridgehead atoms. The molecule has 0 aliphatic rings. The van der Waals surface area contributed by atoms with E-state index >= 15 is 0 Å². The average Bonchev–Trinajstić information content (AvgIpc) is 2.49. The molecule has 1 aromatic rings. The Hall–Kier alpha value is -1.57. The Bertz CT molecular complexity index is 561. The molecule has 1 aromatic heterocycles. The summed E-state index contributed by atoms with van der Waals surface area (Å²) >= 11 is 0. The van der Waals surface area contributed by atoms with Crippen molar-refractivity contribution in [1.29, 1.82) is 5.41 Å². The second-order valence-electron chi connectivity index (χ2n) is 4.37. The van der Waals surface area contributed by atoms with Crippen LogP contribution < -0.4 is 10.6 Å². The van der Waals surface area contributed by atoms with Crippen molar-refractivity contribution in [2.24, 2.45) is 12.8 Å². The zero-order chi connectivity index (χ0) is 14.1. The van der Waals surface area contributed by atoms with Crippen molar-refractivity contribution in [3.05, 3.63) is 11.3 Å². The van der Waals surface area contributed by atoms with Gasteiger partial charge in [-0.05, 0) is 6.92 Å². The quantitative estimate of drug-likeness (QED) is 0.555. The van der Waals surface area contributed by atoms with Gasteiger partial charge in [-0.25, -0.2) is 8.42 Å². The molecule has 8 heteroatoms. The monoisotopic (exact) mass is 273 g/mol. The molecule has 7 nitrogen and oxygen atoms in total. The lowest BCUT2D eigenvalue weighted by molar-refractivity contribution is 0.600. The molecule has 0 atom stereocenters. The summed E-state index contributed by atoms with van der Waals surface area (Å²) in [7, 11) is 0.477. The number of sulfone groups is 1. The van der Waals surface area contributed by atoms with Gasteiger partial charge >= 0.3 is 0 Å². The number of nitrogens with one attached hydrogen (secondary N) is 1. The fourth-order valence-corrected chi connectivity index (χ4v) is 2.41. The molecular weight excluding hydrogens is 254 g/mol. The first-order chi connectivity index (χ1) is 8.13. The minimum Gasteiger partial charge on any atom is -0.384 e. The SMILES string of the molecule is Cc1nn(C)c(N(C)CCS(C)(=O)=O)c1C(=N)N. The third-order valence-corrected chi connectivity index (χ3v) is 3.54. The van der Waals surface area contributed by atoms with Crippen LogP contribution in [-0.4, -0.2) is 49.6 Å². The predicted octanol–water partition coefficient (Wildman–Crippen LogP) is -0.507. The Morgan fingerprint density at radius 1 is 1.56 bits per heavy atom. The summed E-state index contributed by atoms with van der Waals surface area (Å²) in [6.07, 6.45) is 1.20. The van der Waals surface area contributed by atoms with E-state index in [9.17, 15) is 8.42 Å². The number of hydrogen-bond donors (Lipinski definition) is 2. The first-order valence-electron chi connectivity index (χ1n) is 5.40. The molecule has 0 aliphatic carbocycles. The third kappa shape index (κ3) is 3.22. The molecule has 0 aliphatic heterocycles. The summed E-state index contributed by atoms with van der Waals surface area (Å²) in [6.45, 7) is 2.10. The summed E-state index contributed by atoms with van der Waals surface area (Å²) in [4.78, 5) is 1.75. The molecule has 0 spiro atoms. The van der Waals surface area contributed by atoms with Crippen LogP contribution in [0.15, 0.2) is 0 Å². The van der Waals surface area contributed by atoms with Crippen molar-refractivity contribution in [2.45, 2.75) is 6.92 Å². The fraction of sp³-hybridized carbons (Fsp3) is 0.600. The maximum atomic E-state index is 11.2. The highest BCUT2D eigenvalue weighted by atomic mass is 32.2. The molecule has 0 saturated carbocycles. The number of amidine groups is 1. The average molecular weight is 273 g/mol. The lowest BCUT2D eigenvalue weighted by Crippen LogP contribution is -2.29. The van der Waals surface area contributed by atoms with Crippen LogP contribution >= 0.6 is 0 Å². The maximum absolute atomic E-state index is 11.2. The van der Waals surface area contributed by atoms with E-state index in [2.05, 4.69) is 5.10 Å². The smallest absolute Gasteiger partial charge is 0.149 e. The Kier molecular flexibility index (Phi) is 4.00. The van der Waals surface area contributed by atoms with Gasteiger partial charge in [-0.2, -0.15) is 5.10 Å². The minimum absolute atomic E-state index is 0.0467. The molecule has 1 heterocycles. The molecule has 1 rings (SSSR count). The summed E-state index contributed by atoms with van der Waals surface area (Å²) in [5.41, 5.74) is 6.74. The Labute approximate surface area is 107 Å². The zero-order valence-electron chi connectivity index (χ0n) is 11.1. The molecule has 0 amide bonds. The number of rotatable bonds is 5. The van der Waals surface area contributed by atoms with Crippen molar-refractivity contribution in [3.8, 4) is 0 Å². The van der Waals surface area contributed by atoms with Gasteiger partial charge in [0.05, 0.1) is 17.0 Å². The van der Waals surface area contributed by atoms with Gasteiger partial charge in [0.2, 0.25) is 0 Å². The van der Waals surface area contributed by atoms with Crippen LogP contribution in [0.1, 0.15) is 11.3 Å². The standard InChI is InChI=1S/C10H19N5O2S/c1-7-8(9(11)12)10(15(3)13-7)14(2)5-6-18(4,16)17/h5-6H2,1-4H3,(H3,11,12). The summed E-state index contributed by atoms with van der Waals surface area (Å²) in [5.74, 6) is 0.635. The van der Waals surface area contributed by atoms with Crippen LogP contribution in [0, 0.1) is 12.3 Å². The second-order valence-corrected chi connectivity index (χ2v) is 6.63. The van der Waals surface area contributed by atoms with Crippen LogP contribution in [0.3, 0.4) is 0 Å². The number of nitrogens with two attached hydrogens (primary N) is 1. The van der Waals surface area contributed by atoms with Gasteiger partial charge < -0.3 is 10.6 Å². The number of nitrogen functional groups attached to an aromatic ring is 1. The molecule has 0 unspecified atom stereocenters. The van der Waals surface area contributed by atoms with Crippen LogP contribution in [-0.2, 0) is 16.9 Å². The normalized spacial score (nSPS) is 11.6. The molecule has 0 fully saturated rings. The summed E-state index contributed by atoms with van der Waals surface area (Å²) < 4.78 is 23.9. The number of anilines is 1. The Balaban J connectivity index is 3.05. The topological polar surface area (TPSA) is 105 Å². The number of nitrogens with zero attached hydrogens (tertiary/aromatic N) is 3. The first-order valence-corrected chi connectivity index (χ1v) is 7.46. The fourth-order valence-electron chi connectivity index (χ4n) is 1.81. The lowest BCUT2D eigenvalue weighted by Gasteiger charge is -2.20. The van der Waals surface area contributed by atoms with Crippen molar-refractivity contribution in [2.75, 3.05) is 30.5 Å². The molecule has 0 aromatic carbocycles. The molecule has 18 heavy (non-hydrogen) atoms. The van der Waals surface area contributed by atoms with E-state index in [0.717, 1.165) is 0 Å². The van der Waals surface area contributed by atoms with Gasteiger partial charge in [0.1, 0.15) is 21.5 Å². The summed E-state index contributed by atoms with van der Waals surface area (Å²) in [6, 6.07) is 0. The number of aromatic nitrogens is 2. The van der Waals surface area contributed by atoms with Gasteiger partial charge in [-0.15, -0.1) is 0 Å². The van der Waals surface area contributed by atoms with Gasteiger partial charge in [-0.1, -0.05) is 0 Å². The van der Waals surface area contributed by atoms with E-state index in [1.165, 1.54) is 6.26 Å². The van der Waals surface area contributed by atoms with Crippen LogP contribution in [0.25, 0.3) is 0 Å². The molecule has 0 radical (unpaired) electrons. The van der Waals surface area contributed by atoms with Crippen molar-refractivity contribution in [3.63, 3.8) is 0 Å². The summed E-state index contributed by atoms with van der Waals surface area (Å²) in [5, 5.41) is 11.8. The van der Waals surface area contributed by atoms with Crippen molar-refractivity contribution < 1.29 is 8.42 Å². The van der Waals surface area contributed by atoms with Gasteiger partial charge in [-0.3, -0.25) is 10.1 Å². The van der Waals surface area contributed by atoms with Crippen LogP contribution in [0.5, 0.6) is 0 Å². The zero-order valence-corrected chi connectivity index (χ0v) is 11.9. The molecule has 3 N–H and O–H groups in total. The van der Waals surface area contributed by atoms with E-state index in [1.54, 1.807) is 30.6 Å². The van der Waals surface area contributed by atoms with E-state index in [4.69, 9.17) is 11.1 Å². The van der Waals surface area contributed by atoms with Crippen molar-refractivity contribution >= 4 is 21.5 Å². The third-order valence-electron chi connectivity index (χ3n) is 2.62. The Morgan fingerprint density at radius 3 is 2.56 bits per heavy atom. The first kappa shape index (κ1) is 14.5. The van der Waals surface area contributed by atoms with E-state index in [0.29, 0.717) is 23.6 Å². The second kappa shape index (κ2) is 4.97. The van der Waals surface area contributed by atoms with E-state index in [1.807, 2.05) is 0 Å². The molecule has 0 saturated heterocycles. The maximum Gasteiger partial charge on any atom is 0.149 e. The van der Waals surface area contributed by atoms with Crippen LogP contribution in [0.4, 0.5) is 5.82 Å². The largest absolute Gasteiger partial charge is 0.384 e. The predicted molar refractivity (Wildman–Crippen MR) is 71.9 cm³/mol. The van der Waals surface area contributed by atoms with E-state index in [-0.39, 0.29) is 11.6 Å². The lowest BCUT2D eigenvalue weighted by atomic mass is 10.2. The van der Waals surface area contributed by atoms with Crippen LogP contribution in [0.2, 0.25) is 0 Å². The molecular formula is C10H19N5O2S. The number of aryl methyl sites for hydroxylation is 2. The molecule has 102 valence electrons. The van der Waals surface area contributed by atoms with Gasteiger partial charge in [0.25, 0.3) is 0 Å². The van der Waals surface area contributed by atoms with Gasteiger partial charge in [0, 0.05) is 26.9 Å². The van der Waals surface area contributed by atoms with Crippen molar-refractivity contribution in [1.82, 2.24) is 9.78 Å². The van der Waals surface area contributed by atoms with E-state index < -0.39 is 9.84 Å². The highest BCUT2D eigenvalue weighted by Crippen LogP contribution is 2.21. The Morgan fingerprint density at radius 2 is 2.11 bits per heavy atom. The highest BCUT2D eigenvalue weighted by Gasteiger charge is 2.19. The van der Waals surface area contributed by atoms with Gasteiger partial charge in [0.15, 0.2) is 0 Å². The highest BCUT2D eigenvalue weighted by molar-refractivity contribution is 7.90. The minimum atomic E-state index is -3.02.